The summed E-state index contributed by atoms with van der Waals surface area (Å²) in [6.07, 6.45) is 0.0486. The highest BCUT2D eigenvalue weighted by Gasteiger charge is 2.35. The number of aromatic amines is 1. The Morgan fingerprint density at radius 1 is 1.26 bits per heavy atom. The molecule has 0 spiro atoms. The Kier molecular flexibility index (Phi) is 4.54. The van der Waals surface area contributed by atoms with Crippen molar-refractivity contribution in [1.29, 1.82) is 0 Å². The molecule has 122 valence electrons. The Hall–Kier alpha value is -2.63. The molecule has 0 radical (unpaired) electrons. The lowest BCUT2D eigenvalue weighted by atomic mass is 9.92. The zero-order valence-electron chi connectivity index (χ0n) is 13.2. The van der Waals surface area contributed by atoms with Crippen LogP contribution in [-0.2, 0) is 11.2 Å². The molecule has 6 heteroatoms. The number of hydrogen-bond donors (Lipinski definition) is 3. The molecule has 0 aliphatic carbocycles. The lowest BCUT2D eigenvalue weighted by molar-refractivity contribution is -0.143. The summed E-state index contributed by atoms with van der Waals surface area (Å²) in [7, 11) is 0. The van der Waals surface area contributed by atoms with E-state index in [0.717, 1.165) is 11.3 Å². The molecule has 0 fully saturated rings. The minimum atomic E-state index is -1.50. The van der Waals surface area contributed by atoms with Gasteiger partial charge in [0.2, 0.25) is 0 Å². The SMILES string of the molecule is Cc1cc(C(=O)NC(C)(Cc2ccc(F)cc2)C(=O)O)[nH]c1C. The summed E-state index contributed by atoms with van der Waals surface area (Å²) in [6, 6.07) is 7.20. The van der Waals surface area contributed by atoms with Crippen LogP contribution in [-0.4, -0.2) is 27.5 Å². The number of carboxylic acid groups (broad SMARTS) is 1. The topological polar surface area (TPSA) is 82.2 Å². The molecule has 0 bridgehead atoms. The van der Waals surface area contributed by atoms with E-state index in [0.29, 0.717) is 11.3 Å². The molecule has 2 aromatic rings. The van der Waals surface area contributed by atoms with Gasteiger partial charge >= 0.3 is 5.97 Å². The normalized spacial score (nSPS) is 13.4. The van der Waals surface area contributed by atoms with Crippen molar-refractivity contribution < 1.29 is 19.1 Å². The van der Waals surface area contributed by atoms with Crippen molar-refractivity contribution in [1.82, 2.24) is 10.3 Å². The fourth-order valence-electron chi connectivity index (χ4n) is 2.29. The second kappa shape index (κ2) is 6.24. The zero-order valence-corrected chi connectivity index (χ0v) is 13.2. The van der Waals surface area contributed by atoms with E-state index < -0.39 is 23.2 Å². The van der Waals surface area contributed by atoms with E-state index >= 15 is 0 Å². The molecule has 1 aromatic carbocycles. The largest absolute Gasteiger partial charge is 0.480 e. The number of hydrogen-bond acceptors (Lipinski definition) is 2. The van der Waals surface area contributed by atoms with Crippen molar-refractivity contribution in [3.05, 3.63) is 58.7 Å². The van der Waals surface area contributed by atoms with Gasteiger partial charge in [-0.3, -0.25) is 4.79 Å². The highest BCUT2D eigenvalue weighted by atomic mass is 19.1. The number of amides is 1. The number of aromatic nitrogens is 1. The second-order valence-corrected chi connectivity index (χ2v) is 5.89. The van der Waals surface area contributed by atoms with Gasteiger partial charge in [0, 0.05) is 12.1 Å². The van der Waals surface area contributed by atoms with Gasteiger partial charge in [-0.15, -0.1) is 0 Å². The predicted octanol–water partition coefficient (Wildman–Crippen LogP) is 2.59. The van der Waals surface area contributed by atoms with Gasteiger partial charge in [-0.1, -0.05) is 12.1 Å². The summed E-state index contributed by atoms with van der Waals surface area (Å²) in [5, 5.41) is 12.1. The van der Waals surface area contributed by atoms with Crippen molar-refractivity contribution in [3.8, 4) is 0 Å². The average Bonchev–Trinajstić information content (AvgIpc) is 2.81. The maximum atomic E-state index is 13.0. The van der Waals surface area contributed by atoms with Gasteiger partial charge in [0.15, 0.2) is 0 Å². The van der Waals surface area contributed by atoms with Crippen LogP contribution in [0.1, 0.15) is 34.2 Å². The number of carboxylic acids is 1. The Morgan fingerprint density at radius 2 is 1.87 bits per heavy atom. The molecular weight excluding hydrogens is 299 g/mol. The van der Waals surface area contributed by atoms with Gasteiger partial charge in [0.1, 0.15) is 17.1 Å². The Labute approximate surface area is 133 Å². The number of carbonyl (C=O) groups is 2. The molecule has 0 saturated heterocycles. The molecule has 2 rings (SSSR count). The molecule has 1 amide bonds. The number of rotatable bonds is 5. The van der Waals surface area contributed by atoms with Crippen molar-refractivity contribution >= 4 is 11.9 Å². The highest BCUT2D eigenvalue weighted by Crippen LogP contribution is 2.16. The monoisotopic (exact) mass is 318 g/mol. The summed E-state index contributed by atoms with van der Waals surface area (Å²) >= 11 is 0. The third-order valence-corrected chi connectivity index (χ3v) is 3.85. The van der Waals surface area contributed by atoms with E-state index in [1.165, 1.54) is 31.2 Å². The molecule has 1 aromatic heterocycles. The number of benzene rings is 1. The maximum absolute atomic E-state index is 13.0. The number of halogens is 1. The lowest BCUT2D eigenvalue weighted by Crippen LogP contribution is -2.53. The summed E-state index contributed by atoms with van der Waals surface area (Å²) in [5.41, 5.74) is 1.21. The minimum absolute atomic E-state index is 0.0486. The number of aryl methyl sites for hydroxylation is 2. The Balaban J connectivity index is 2.21. The smallest absolute Gasteiger partial charge is 0.329 e. The standard InChI is InChI=1S/C17H19FN2O3/c1-10-8-14(19-11(10)2)15(21)20-17(3,16(22)23)9-12-4-6-13(18)7-5-12/h4-8,19H,9H2,1-3H3,(H,20,21)(H,22,23). The third kappa shape index (κ3) is 3.77. The summed E-state index contributed by atoms with van der Waals surface area (Å²) in [4.78, 5) is 26.9. The summed E-state index contributed by atoms with van der Waals surface area (Å²) < 4.78 is 13.0. The van der Waals surface area contributed by atoms with Crippen molar-refractivity contribution in [2.24, 2.45) is 0 Å². The van der Waals surface area contributed by atoms with Gasteiger partial charge in [-0.2, -0.15) is 0 Å². The fourth-order valence-corrected chi connectivity index (χ4v) is 2.29. The minimum Gasteiger partial charge on any atom is -0.480 e. The van der Waals surface area contributed by atoms with Gasteiger partial charge in [-0.05, 0) is 50.1 Å². The maximum Gasteiger partial charge on any atom is 0.329 e. The first-order chi connectivity index (χ1) is 10.7. The lowest BCUT2D eigenvalue weighted by Gasteiger charge is -2.26. The molecule has 1 heterocycles. The molecule has 0 aliphatic rings. The highest BCUT2D eigenvalue weighted by molar-refractivity contribution is 5.96. The molecule has 5 nitrogen and oxygen atoms in total. The Bertz CT molecular complexity index is 717. The first-order valence-electron chi connectivity index (χ1n) is 7.18. The van der Waals surface area contributed by atoms with E-state index in [1.54, 1.807) is 6.07 Å². The molecule has 1 unspecified atom stereocenters. The molecule has 0 saturated carbocycles. The van der Waals surface area contributed by atoms with Gasteiger partial charge in [0.05, 0.1) is 0 Å². The molecule has 1 atom stereocenters. The molecule has 0 aliphatic heterocycles. The summed E-state index contributed by atoms with van der Waals surface area (Å²) in [6.45, 7) is 5.12. The van der Waals surface area contributed by atoms with Crippen LogP contribution in [0.15, 0.2) is 30.3 Å². The van der Waals surface area contributed by atoms with E-state index in [4.69, 9.17) is 0 Å². The van der Waals surface area contributed by atoms with Crippen LogP contribution in [0.2, 0.25) is 0 Å². The number of carbonyl (C=O) groups excluding carboxylic acids is 1. The first kappa shape index (κ1) is 16.7. The zero-order chi connectivity index (χ0) is 17.2. The quantitative estimate of drug-likeness (QED) is 0.792. The average molecular weight is 318 g/mol. The van der Waals surface area contributed by atoms with Crippen LogP contribution in [0.4, 0.5) is 4.39 Å². The number of nitrogens with one attached hydrogen (secondary N) is 2. The molecule has 23 heavy (non-hydrogen) atoms. The number of H-pyrrole nitrogens is 1. The first-order valence-corrected chi connectivity index (χ1v) is 7.18. The fraction of sp³-hybridized carbons (Fsp3) is 0.294. The van der Waals surface area contributed by atoms with Crippen LogP contribution in [0.25, 0.3) is 0 Å². The van der Waals surface area contributed by atoms with Gasteiger partial charge in [0.25, 0.3) is 5.91 Å². The predicted molar refractivity (Wildman–Crippen MR) is 83.9 cm³/mol. The molecular formula is C17H19FN2O3. The van der Waals surface area contributed by atoms with Crippen molar-refractivity contribution in [2.75, 3.05) is 0 Å². The van der Waals surface area contributed by atoms with E-state index in [1.807, 2.05) is 13.8 Å². The molecule has 3 N–H and O–H groups in total. The van der Waals surface area contributed by atoms with Crippen LogP contribution in [0.5, 0.6) is 0 Å². The van der Waals surface area contributed by atoms with E-state index in [-0.39, 0.29) is 6.42 Å². The van der Waals surface area contributed by atoms with Gasteiger partial charge < -0.3 is 15.4 Å². The second-order valence-electron chi connectivity index (χ2n) is 5.89. The van der Waals surface area contributed by atoms with E-state index in [2.05, 4.69) is 10.3 Å². The van der Waals surface area contributed by atoms with Crippen LogP contribution >= 0.6 is 0 Å². The van der Waals surface area contributed by atoms with E-state index in [9.17, 15) is 19.1 Å². The van der Waals surface area contributed by atoms with Crippen LogP contribution in [0.3, 0.4) is 0 Å². The third-order valence-electron chi connectivity index (χ3n) is 3.85. The van der Waals surface area contributed by atoms with Crippen LogP contribution in [0, 0.1) is 19.7 Å². The van der Waals surface area contributed by atoms with Crippen LogP contribution < -0.4 is 5.32 Å². The van der Waals surface area contributed by atoms with Gasteiger partial charge in [-0.25, -0.2) is 9.18 Å². The Morgan fingerprint density at radius 3 is 2.35 bits per heavy atom. The summed E-state index contributed by atoms with van der Waals surface area (Å²) in [5.74, 6) is -2.05. The van der Waals surface area contributed by atoms with Crippen molar-refractivity contribution in [2.45, 2.75) is 32.7 Å². The van der Waals surface area contributed by atoms with Crippen molar-refractivity contribution in [3.63, 3.8) is 0 Å². The number of aliphatic carboxylic acids is 1.